The van der Waals surface area contributed by atoms with Crippen molar-refractivity contribution in [2.45, 2.75) is 6.18 Å². The average molecular weight is 385 g/mol. The Morgan fingerprint density at radius 3 is 2.35 bits per heavy atom. The highest BCUT2D eigenvalue weighted by molar-refractivity contribution is 6.34. The molecular formula is C18H16ClF3N2O2. The third kappa shape index (κ3) is 4.28. The van der Waals surface area contributed by atoms with Crippen LogP contribution in [0.1, 0.15) is 15.9 Å². The van der Waals surface area contributed by atoms with E-state index in [1.54, 1.807) is 24.3 Å². The molecule has 1 amide bonds. The van der Waals surface area contributed by atoms with Crippen molar-refractivity contribution in [1.82, 2.24) is 0 Å². The lowest BCUT2D eigenvalue weighted by molar-refractivity contribution is -0.137. The number of benzene rings is 2. The summed E-state index contributed by atoms with van der Waals surface area (Å²) in [5.74, 6) is -0.528. The Balaban J connectivity index is 1.74. The minimum atomic E-state index is -4.51. The summed E-state index contributed by atoms with van der Waals surface area (Å²) in [4.78, 5) is 14.5. The minimum Gasteiger partial charge on any atom is -0.378 e. The van der Waals surface area contributed by atoms with E-state index >= 15 is 0 Å². The molecule has 0 aromatic heterocycles. The van der Waals surface area contributed by atoms with E-state index in [4.69, 9.17) is 16.3 Å². The number of alkyl halides is 3. The number of rotatable bonds is 3. The van der Waals surface area contributed by atoms with Crippen LogP contribution in [0.5, 0.6) is 0 Å². The number of nitrogens with zero attached hydrogens (tertiary/aromatic N) is 1. The number of anilines is 2. The molecule has 1 fully saturated rings. The van der Waals surface area contributed by atoms with Crippen LogP contribution >= 0.6 is 11.6 Å². The zero-order chi connectivity index (χ0) is 18.7. The minimum absolute atomic E-state index is 0.0382. The fourth-order valence-electron chi connectivity index (χ4n) is 2.64. The molecule has 1 saturated heterocycles. The van der Waals surface area contributed by atoms with E-state index in [0.29, 0.717) is 18.8 Å². The number of hydrogen-bond acceptors (Lipinski definition) is 3. The van der Waals surface area contributed by atoms with Crippen molar-refractivity contribution in [3.05, 3.63) is 58.6 Å². The lowest BCUT2D eigenvalue weighted by Gasteiger charge is -2.28. The van der Waals surface area contributed by atoms with E-state index in [2.05, 4.69) is 10.2 Å². The van der Waals surface area contributed by atoms with E-state index < -0.39 is 17.6 Å². The molecule has 26 heavy (non-hydrogen) atoms. The molecular weight excluding hydrogens is 369 g/mol. The smallest absolute Gasteiger partial charge is 0.378 e. The van der Waals surface area contributed by atoms with Gasteiger partial charge in [0.05, 0.1) is 29.5 Å². The first kappa shape index (κ1) is 18.5. The molecule has 0 saturated carbocycles. The van der Waals surface area contributed by atoms with Crippen molar-refractivity contribution in [3.8, 4) is 0 Å². The van der Waals surface area contributed by atoms with Gasteiger partial charge in [0, 0.05) is 24.3 Å². The molecule has 2 aromatic rings. The Bertz CT molecular complexity index is 788. The van der Waals surface area contributed by atoms with Crippen LogP contribution in [0.25, 0.3) is 0 Å². The highest BCUT2D eigenvalue weighted by Crippen LogP contribution is 2.34. The van der Waals surface area contributed by atoms with E-state index in [1.807, 2.05) is 0 Å². The van der Waals surface area contributed by atoms with Crippen molar-refractivity contribution < 1.29 is 22.7 Å². The van der Waals surface area contributed by atoms with Crippen LogP contribution in [0, 0.1) is 0 Å². The fourth-order valence-corrected chi connectivity index (χ4v) is 2.80. The molecule has 4 nitrogen and oxygen atoms in total. The normalized spacial score (nSPS) is 15.0. The summed E-state index contributed by atoms with van der Waals surface area (Å²) in [5.41, 5.74) is 0.334. The first-order valence-corrected chi connectivity index (χ1v) is 8.33. The Morgan fingerprint density at radius 1 is 1.08 bits per heavy atom. The van der Waals surface area contributed by atoms with Gasteiger partial charge in [-0.05, 0) is 42.5 Å². The number of hydrogen-bond donors (Lipinski definition) is 1. The summed E-state index contributed by atoms with van der Waals surface area (Å²) in [6.07, 6.45) is -4.51. The van der Waals surface area contributed by atoms with Crippen LogP contribution < -0.4 is 10.2 Å². The van der Waals surface area contributed by atoms with Gasteiger partial charge in [0.25, 0.3) is 5.91 Å². The molecule has 1 aliphatic heterocycles. The average Bonchev–Trinajstić information content (AvgIpc) is 2.63. The molecule has 1 heterocycles. The van der Waals surface area contributed by atoms with Crippen LogP contribution in [0.15, 0.2) is 42.5 Å². The highest BCUT2D eigenvalue weighted by Gasteiger charge is 2.31. The monoisotopic (exact) mass is 384 g/mol. The van der Waals surface area contributed by atoms with E-state index in [0.717, 1.165) is 37.0 Å². The SMILES string of the molecule is O=C(Nc1cc(C(F)(F)F)ccc1Cl)c1ccc(N2CCOCC2)cc1. The van der Waals surface area contributed by atoms with Crippen LogP contribution in [0.4, 0.5) is 24.5 Å². The summed E-state index contributed by atoms with van der Waals surface area (Å²) in [7, 11) is 0. The first-order valence-electron chi connectivity index (χ1n) is 7.95. The van der Waals surface area contributed by atoms with Crippen molar-refractivity contribution in [2.75, 3.05) is 36.5 Å². The number of carbonyl (C=O) groups is 1. The lowest BCUT2D eigenvalue weighted by Crippen LogP contribution is -2.36. The largest absolute Gasteiger partial charge is 0.416 e. The topological polar surface area (TPSA) is 41.6 Å². The molecule has 0 radical (unpaired) electrons. The van der Waals surface area contributed by atoms with Crippen molar-refractivity contribution in [2.24, 2.45) is 0 Å². The molecule has 0 unspecified atom stereocenters. The number of morpholine rings is 1. The summed E-state index contributed by atoms with van der Waals surface area (Å²) < 4.78 is 43.7. The van der Waals surface area contributed by atoms with Gasteiger partial charge in [-0.15, -0.1) is 0 Å². The van der Waals surface area contributed by atoms with Gasteiger partial charge in [-0.25, -0.2) is 0 Å². The van der Waals surface area contributed by atoms with Crippen LogP contribution in [-0.4, -0.2) is 32.2 Å². The summed E-state index contributed by atoms with van der Waals surface area (Å²) >= 11 is 5.90. The third-order valence-corrected chi connectivity index (χ3v) is 4.38. The third-order valence-electron chi connectivity index (χ3n) is 4.05. The van der Waals surface area contributed by atoms with E-state index in [-0.39, 0.29) is 10.7 Å². The zero-order valence-corrected chi connectivity index (χ0v) is 14.4. The van der Waals surface area contributed by atoms with Gasteiger partial charge in [-0.2, -0.15) is 13.2 Å². The van der Waals surface area contributed by atoms with Gasteiger partial charge in [-0.3, -0.25) is 4.79 Å². The maximum absolute atomic E-state index is 12.8. The second kappa shape index (κ2) is 7.55. The van der Waals surface area contributed by atoms with Crippen molar-refractivity contribution in [1.29, 1.82) is 0 Å². The number of nitrogens with one attached hydrogen (secondary N) is 1. The van der Waals surface area contributed by atoms with Gasteiger partial charge in [-0.1, -0.05) is 11.6 Å². The second-order valence-corrected chi connectivity index (χ2v) is 6.20. The van der Waals surface area contributed by atoms with Crippen LogP contribution in [0.2, 0.25) is 5.02 Å². The zero-order valence-electron chi connectivity index (χ0n) is 13.6. The molecule has 2 aromatic carbocycles. The lowest BCUT2D eigenvalue weighted by atomic mass is 10.1. The maximum atomic E-state index is 12.8. The number of ether oxygens (including phenoxy) is 1. The summed E-state index contributed by atoms with van der Waals surface area (Å²) in [6, 6.07) is 9.66. The first-order chi connectivity index (χ1) is 12.3. The predicted molar refractivity (Wildman–Crippen MR) is 93.9 cm³/mol. The van der Waals surface area contributed by atoms with Crippen LogP contribution in [-0.2, 0) is 10.9 Å². The molecule has 0 atom stereocenters. The van der Waals surface area contributed by atoms with Gasteiger partial charge in [0.15, 0.2) is 0 Å². The van der Waals surface area contributed by atoms with Crippen molar-refractivity contribution >= 4 is 28.9 Å². The molecule has 138 valence electrons. The summed E-state index contributed by atoms with van der Waals surface area (Å²) in [5, 5.41) is 2.47. The Labute approximate surface area is 153 Å². The molecule has 0 bridgehead atoms. The molecule has 8 heteroatoms. The predicted octanol–water partition coefficient (Wildman–Crippen LogP) is 4.45. The van der Waals surface area contributed by atoms with Crippen LogP contribution in [0.3, 0.4) is 0 Å². The molecule has 1 N–H and O–H groups in total. The summed E-state index contributed by atoms with van der Waals surface area (Å²) in [6.45, 7) is 2.84. The van der Waals surface area contributed by atoms with E-state index in [1.165, 1.54) is 0 Å². The number of amides is 1. The Morgan fingerprint density at radius 2 is 1.73 bits per heavy atom. The number of carbonyl (C=O) groups excluding carboxylic acids is 1. The molecule has 1 aliphatic rings. The van der Waals surface area contributed by atoms with Gasteiger partial charge in [0.1, 0.15) is 0 Å². The van der Waals surface area contributed by atoms with E-state index in [9.17, 15) is 18.0 Å². The maximum Gasteiger partial charge on any atom is 0.416 e. The quantitative estimate of drug-likeness (QED) is 0.850. The molecule has 0 aliphatic carbocycles. The second-order valence-electron chi connectivity index (χ2n) is 5.79. The van der Waals surface area contributed by atoms with Gasteiger partial charge < -0.3 is 15.0 Å². The number of halogens is 4. The highest BCUT2D eigenvalue weighted by atomic mass is 35.5. The Hall–Kier alpha value is -2.25. The molecule has 3 rings (SSSR count). The van der Waals surface area contributed by atoms with Gasteiger partial charge >= 0.3 is 6.18 Å². The fraction of sp³-hybridized carbons (Fsp3) is 0.278. The molecule has 0 spiro atoms. The standard InChI is InChI=1S/C18H16ClF3N2O2/c19-15-6-3-13(18(20,21)22)11-16(15)23-17(25)12-1-4-14(5-2-12)24-7-9-26-10-8-24/h1-6,11H,7-10H2,(H,23,25). The van der Waals surface area contributed by atoms with Crippen molar-refractivity contribution in [3.63, 3.8) is 0 Å². The van der Waals surface area contributed by atoms with Gasteiger partial charge in [0.2, 0.25) is 0 Å². The Kier molecular flexibility index (Phi) is 5.38.